The van der Waals surface area contributed by atoms with E-state index in [1.165, 1.54) is 29.2 Å². The Morgan fingerprint density at radius 3 is 2.33 bits per heavy atom. The fraction of sp³-hybridized carbons (Fsp3) is 0.357. The zero-order chi connectivity index (χ0) is 15.4. The van der Waals surface area contributed by atoms with E-state index in [1.54, 1.807) is 0 Å². The van der Waals surface area contributed by atoms with Crippen LogP contribution >= 0.6 is 12.2 Å². The Kier molecular flexibility index (Phi) is 4.85. The summed E-state index contributed by atoms with van der Waals surface area (Å²) in [5.41, 5.74) is 0.572. The number of hydrogen-bond acceptors (Lipinski definition) is 3. The van der Waals surface area contributed by atoms with Crippen molar-refractivity contribution < 1.29 is 19.1 Å². The molecule has 1 aromatic rings. The molecule has 0 atom stereocenters. The molecule has 0 spiro atoms. The summed E-state index contributed by atoms with van der Waals surface area (Å²) in [6.07, 6.45) is -0.00962. The minimum atomic E-state index is -0.962. The zero-order valence-electron chi connectivity index (χ0n) is 11.2. The molecule has 0 aliphatic carbocycles. The minimum absolute atomic E-state index is 0.214. The fourth-order valence-corrected chi connectivity index (χ4v) is 2.46. The van der Waals surface area contributed by atoms with Crippen LogP contribution in [0, 0.1) is 11.7 Å². The number of benzene rings is 1. The maximum absolute atomic E-state index is 12.8. The van der Waals surface area contributed by atoms with Crippen molar-refractivity contribution in [3.8, 4) is 0 Å². The fourth-order valence-electron chi connectivity index (χ4n) is 2.22. The molecule has 1 fully saturated rings. The highest BCUT2D eigenvalue weighted by atomic mass is 32.1. The van der Waals surface area contributed by atoms with Crippen LogP contribution in [0.3, 0.4) is 0 Å². The number of hydrogen-bond donors (Lipinski definition) is 2. The Balaban J connectivity index is 1.89. The molecule has 1 aromatic carbocycles. The number of amides is 2. The van der Waals surface area contributed by atoms with E-state index in [1.807, 2.05) is 0 Å². The number of nitrogens with zero attached hydrogens (tertiary/aromatic N) is 1. The summed E-state index contributed by atoms with van der Waals surface area (Å²) in [5.74, 6) is -0.831. The Morgan fingerprint density at radius 2 is 1.81 bits per heavy atom. The summed E-state index contributed by atoms with van der Waals surface area (Å²) in [6.45, 7) is 0.688. The van der Waals surface area contributed by atoms with E-state index in [9.17, 15) is 14.0 Å². The molecular formula is C14H15FN2O3S. The number of thiocarbonyl (C=S) groups is 1. The van der Waals surface area contributed by atoms with Crippen molar-refractivity contribution >= 4 is 29.2 Å². The Bertz CT molecular complexity index is 554. The molecule has 0 aromatic heterocycles. The van der Waals surface area contributed by atoms with Gasteiger partial charge in [0.15, 0.2) is 0 Å². The number of halogens is 1. The number of rotatable bonds is 2. The second kappa shape index (κ2) is 6.62. The molecule has 1 saturated heterocycles. The number of likely N-dealkylation sites (tertiary alicyclic amines) is 1. The van der Waals surface area contributed by atoms with Crippen LogP contribution in [0.15, 0.2) is 24.3 Å². The summed E-state index contributed by atoms with van der Waals surface area (Å²) in [5, 5.41) is 11.5. The molecule has 0 radical (unpaired) electrons. The second-order valence-corrected chi connectivity index (χ2v) is 5.28. The molecule has 1 heterocycles. The number of piperidine rings is 1. The molecule has 2 N–H and O–H groups in total. The lowest BCUT2D eigenvalue weighted by atomic mass is 9.96. The van der Waals surface area contributed by atoms with Gasteiger partial charge >= 0.3 is 6.09 Å². The molecule has 112 valence electrons. The Labute approximate surface area is 126 Å². The van der Waals surface area contributed by atoms with Gasteiger partial charge in [-0.25, -0.2) is 9.18 Å². The lowest BCUT2D eigenvalue weighted by Gasteiger charge is -2.29. The van der Waals surface area contributed by atoms with Gasteiger partial charge in [-0.3, -0.25) is 4.79 Å². The predicted octanol–water partition coefficient (Wildman–Crippen LogP) is 2.01. The van der Waals surface area contributed by atoms with Crippen molar-refractivity contribution in [2.45, 2.75) is 12.8 Å². The van der Waals surface area contributed by atoms with E-state index in [2.05, 4.69) is 5.32 Å². The summed E-state index contributed by atoms with van der Waals surface area (Å²) >= 11 is 5.12. The minimum Gasteiger partial charge on any atom is -0.465 e. The zero-order valence-corrected chi connectivity index (χ0v) is 12.0. The van der Waals surface area contributed by atoms with Gasteiger partial charge in [0.2, 0.25) is 5.91 Å². The third kappa shape index (κ3) is 3.98. The van der Waals surface area contributed by atoms with Gasteiger partial charge in [0.25, 0.3) is 0 Å². The second-order valence-electron chi connectivity index (χ2n) is 4.87. The Hall–Kier alpha value is -2.02. The number of nitrogens with one attached hydrogen (secondary N) is 1. The third-order valence-corrected chi connectivity index (χ3v) is 3.82. The van der Waals surface area contributed by atoms with Crippen molar-refractivity contribution in [2.24, 2.45) is 5.92 Å². The monoisotopic (exact) mass is 310 g/mol. The first kappa shape index (κ1) is 15.4. The SMILES string of the molecule is O=C(NC(=S)c1ccc(F)cc1)C1CCN(C(=O)O)CC1. The largest absolute Gasteiger partial charge is 0.465 e. The molecular weight excluding hydrogens is 295 g/mol. The number of carbonyl (C=O) groups is 2. The van der Waals surface area contributed by atoms with Crippen LogP contribution < -0.4 is 5.32 Å². The molecule has 0 bridgehead atoms. The van der Waals surface area contributed by atoms with Gasteiger partial charge in [-0.1, -0.05) is 12.2 Å². The predicted molar refractivity (Wildman–Crippen MR) is 78.6 cm³/mol. The van der Waals surface area contributed by atoms with Crippen molar-refractivity contribution in [1.82, 2.24) is 10.2 Å². The highest BCUT2D eigenvalue weighted by Gasteiger charge is 2.27. The van der Waals surface area contributed by atoms with Crippen LogP contribution in [0.2, 0.25) is 0 Å². The lowest BCUT2D eigenvalue weighted by molar-refractivity contribution is -0.124. The molecule has 7 heteroatoms. The van der Waals surface area contributed by atoms with Gasteiger partial charge in [0, 0.05) is 24.6 Å². The molecule has 1 aliphatic rings. The van der Waals surface area contributed by atoms with Gasteiger partial charge in [-0.2, -0.15) is 0 Å². The summed E-state index contributed by atoms with van der Waals surface area (Å²) < 4.78 is 12.8. The first-order chi connectivity index (χ1) is 9.97. The summed E-state index contributed by atoms with van der Waals surface area (Å²) in [7, 11) is 0. The van der Waals surface area contributed by atoms with Crippen LogP contribution in [0.5, 0.6) is 0 Å². The van der Waals surface area contributed by atoms with E-state index < -0.39 is 6.09 Å². The van der Waals surface area contributed by atoms with Gasteiger partial charge < -0.3 is 15.3 Å². The summed E-state index contributed by atoms with van der Waals surface area (Å²) in [6, 6.07) is 5.56. The smallest absolute Gasteiger partial charge is 0.407 e. The van der Waals surface area contributed by atoms with Crippen LogP contribution in [-0.4, -0.2) is 40.1 Å². The maximum Gasteiger partial charge on any atom is 0.407 e. The molecule has 21 heavy (non-hydrogen) atoms. The average molecular weight is 310 g/mol. The number of carboxylic acid groups (broad SMARTS) is 1. The molecule has 2 amide bonds. The maximum atomic E-state index is 12.8. The first-order valence-corrected chi connectivity index (χ1v) is 6.97. The average Bonchev–Trinajstić information content (AvgIpc) is 2.47. The lowest BCUT2D eigenvalue weighted by Crippen LogP contribution is -2.43. The Morgan fingerprint density at radius 1 is 1.24 bits per heavy atom. The highest BCUT2D eigenvalue weighted by Crippen LogP contribution is 2.17. The van der Waals surface area contributed by atoms with Crippen LogP contribution in [0.4, 0.5) is 9.18 Å². The van der Waals surface area contributed by atoms with Crippen LogP contribution in [-0.2, 0) is 4.79 Å². The standard InChI is InChI=1S/C14H15FN2O3S/c15-11-3-1-10(2-4-11)13(21)16-12(18)9-5-7-17(8-6-9)14(19)20/h1-4,9H,5-8H2,(H,19,20)(H,16,18,21). The number of carbonyl (C=O) groups excluding carboxylic acids is 1. The van der Waals surface area contributed by atoms with Crippen LogP contribution in [0.25, 0.3) is 0 Å². The van der Waals surface area contributed by atoms with Gasteiger partial charge in [0.1, 0.15) is 10.8 Å². The van der Waals surface area contributed by atoms with Crippen molar-refractivity contribution in [1.29, 1.82) is 0 Å². The van der Waals surface area contributed by atoms with Crippen LogP contribution in [0.1, 0.15) is 18.4 Å². The first-order valence-electron chi connectivity index (χ1n) is 6.56. The van der Waals surface area contributed by atoms with Gasteiger partial charge in [-0.05, 0) is 37.1 Å². The van der Waals surface area contributed by atoms with Crippen molar-refractivity contribution in [3.05, 3.63) is 35.6 Å². The highest BCUT2D eigenvalue weighted by molar-refractivity contribution is 7.80. The normalized spacial score (nSPS) is 15.6. The molecule has 0 unspecified atom stereocenters. The van der Waals surface area contributed by atoms with Crippen molar-refractivity contribution in [3.63, 3.8) is 0 Å². The molecule has 5 nitrogen and oxygen atoms in total. The van der Waals surface area contributed by atoms with Gasteiger partial charge in [-0.15, -0.1) is 0 Å². The molecule has 2 rings (SSSR count). The van der Waals surface area contributed by atoms with E-state index in [0.29, 0.717) is 31.5 Å². The topological polar surface area (TPSA) is 69.6 Å². The van der Waals surface area contributed by atoms with Gasteiger partial charge in [0.05, 0.1) is 0 Å². The van der Waals surface area contributed by atoms with E-state index in [4.69, 9.17) is 17.3 Å². The van der Waals surface area contributed by atoms with E-state index in [0.717, 1.165) is 0 Å². The quantitative estimate of drug-likeness (QED) is 0.820. The van der Waals surface area contributed by atoms with E-state index >= 15 is 0 Å². The summed E-state index contributed by atoms with van der Waals surface area (Å²) in [4.78, 5) is 24.4. The molecule has 0 saturated carbocycles. The third-order valence-electron chi connectivity index (χ3n) is 3.48. The van der Waals surface area contributed by atoms with E-state index in [-0.39, 0.29) is 22.6 Å². The molecule has 1 aliphatic heterocycles. The van der Waals surface area contributed by atoms with Crippen molar-refractivity contribution in [2.75, 3.05) is 13.1 Å².